The van der Waals surface area contributed by atoms with Gasteiger partial charge in [-0.05, 0) is 72.4 Å². The highest BCUT2D eigenvalue weighted by molar-refractivity contribution is 6.02. The van der Waals surface area contributed by atoms with Crippen molar-refractivity contribution in [1.29, 1.82) is 0 Å². The van der Waals surface area contributed by atoms with Crippen molar-refractivity contribution in [1.82, 2.24) is 9.97 Å². The summed E-state index contributed by atoms with van der Waals surface area (Å²) < 4.78 is 0. The van der Waals surface area contributed by atoms with Crippen LogP contribution in [-0.4, -0.2) is 20.2 Å². The van der Waals surface area contributed by atoms with Gasteiger partial charge in [0.2, 0.25) is 0 Å². The van der Waals surface area contributed by atoms with Crippen molar-refractivity contribution in [2.24, 2.45) is 0 Å². The largest absolute Gasteiger partial charge is 0.508 e. The summed E-state index contributed by atoms with van der Waals surface area (Å²) in [7, 11) is 0. The van der Waals surface area contributed by atoms with Gasteiger partial charge in [-0.1, -0.05) is 12.1 Å². The van der Waals surface area contributed by atoms with Gasteiger partial charge in [0, 0.05) is 17.5 Å². The summed E-state index contributed by atoms with van der Waals surface area (Å²) in [5.74, 6) is 1.32. The fourth-order valence-electron chi connectivity index (χ4n) is 3.40. The van der Waals surface area contributed by atoms with Crippen LogP contribution in [0.4, 0.5) is 0 Å². The summed E-state index contributed by atoms with van der Waals surface area (Å²) >= 11 is 0. The van der Waals surface area contributed by atoms with Crippen LogP contribution >= 0.6 is 0 Å². The first-order valence-corrected chi connectivity index (χ1v) is 7.90. The molecular formula is C20H18N2O2. The van der Waals surface area contributed by atoms with E-state index in [2.05, 4.69) is 9.97 Å². The summed E-state index contributed by atoms with van der Waals surface area (Å²) in [5, 5.41) is 19.6. The topological polar surface area (TPSA) is 69.1 Å². The molecule has 2 aromatic carbocycles. The van der Waals surface area contributed by atoms with Crippen LogP contribution in [-0.2, 0) is 6.42 Å². The van der Waals surface area contributed by atoms with Gasteiger partial charge in [-0.3, -0.25) is 0 Å². The first-order chi connectivity index (χ1) is 11.5. The van der Waals surface area contributed by atoms with Gasteiger partial charge >= 0.3 is 0 Å². The molecule has 0 saturated carbocycles. The highest BCUT2D eigenvalue weighted by Crippen LogP contribution is 2.44. The van der Waals surface area contributed by atoms with Gasteiger partial charge in [0.15, 0.2) is 0 Å². The van der Waals surface area contributed by atoms with E-state index in [9.17, 15) is 10.2 Å². The normalized spacial score (nSPS) is 13.4. The van der Waals surface area contributed by atoms with Gasteiger partial charge in [0.25, 0.3) is 0 Å². The Hall–Kier alpha value is -3.01. The SMILES string of the molecule is Cc1cnc(C2=C(c3ccc(O)cc3)Cc3c(C)cc(O)cc32)[nH]1. The fraction of sp³-hybridized carbons (Fsp3) is 0.150. The van der Waals surface area contributed by atoms with Gasteiger partial charge in [-0.25, -0.2) is 4.98 Å². The third kappa shape index (κ3) is 2.27. The minimum Gasteiger partial charge on any atom is -0.508 e. The molecule has 1 aliphatic rings. The van der Waals surface area contributed by atoms with E-state index >= 15 is 0 Å². The number of hydrogen-bond acceptors (Lipinski definition) is 3. The maximum atomic E-state index is 10.1. The highest BCUT2D eigenvalue weighted by Gasteiger charge is 2.27. The van der Waals surface area contributed by atoms with E-state index in [1.54, 1.807) is 18.2 Å². The monoisotopic (exact) mass is 318 g/mol. The van der Waals surface area contributed by atoms with Gasteiger partial charge in [-0.2, -0.15) is 0 Å². The first kappa shape index (κ1) is 14.6. The van der Waals surface area contributed by atoms with E-state index in [0.29, 0.717) is 0 Å². The van der Waals surface area contributed by atoms with Crippen molar-refractivity contribution < 1.29 is 10.2 Å². The Kier molecular flexibility index (Phi) is 3.20. The molecule has 1 heterocycles. The molecule has 0 fully saturated rings. The minimum atomic E-state index is 0.249. The summed E-state index contributed by atoms with van der Waals surface area (Å²) in [6.07, 6.45) is 2.59. The number of aryl methyl sites for hydroxylation is 2. The second kappa shape index (κ2) is 5.27. The number of aromatic nitrogens is 2. The van der Waals surface area contributed by atoms with Crippen molar-refractivity contribution in [2.45, 2.75) is 20.3 Å². The number of rotatable bonds is 2. The fourth-order valence-corrected chi connectivity index (χ4v) is 3.40. The van der Waals surface area contributed by atoms with Crippen molar-refractivity contribution in [3.05, 3.63) is 76.4 Å². The summed E-state index contributed by atoms with van der Waals surface area (Å²) in [6, 6.07) is 10.8. The Morgan fingerprint density at radius 3 is 2.42 bits per heavy atom. The average molecular weight is 318 g/mol. The van der Waals surface area contributed by atoms with E-state index in [-0.39, 0.29) is 11.5 Å². The molecule has 4 rings (SSSR count). The number of phenolic OH excluding ortho intramolecular Hbond substituents is 2. The lowest BCUT2D eigenvalue weighted by Gasteiger charge is -2.08. The maximum Gasteiger partial charge on any atom is 0.138 e. The van der Waals surface area contributed by atoms with Gasteiger partial charge in [0.1, 0.15) is 17.3 Å². The molecule has 0 saturated heterocycles. The van der Waals surface area contributed by atoms with Crippen LogP contribution in [0.15, 0.2) is 42.6 Å². The Morgan fingerprint density at radius 2 is 1.75 bits per heavy atom. The van der Waals surface area contributed by atoms with Crippen LogP contribution in [0.5, 0.6) is 11.5 Å². The van der Waals surface area contributed by atoms with Crippen LogP contribution in [0.3, 0.4) is 0 Å². The van der Waals surface area contributed by atoms with Gasteiger partial charge < -0.3 is 15.2 Å². The number of aromatic amines is 1. The zero-order valence-corrected chi connectivity index (χ0v) is 13.6. The molecular weight excluding hydrogens is 300 g/mol. The van der Waals surface area contributed by atoms with E-state index < -0.39 is 0 Å². The van der Waals surface area contributed by atoms with E-state index in [1.165, 1.54) is 5.56 Å². The van der Waals surface area contributed by atoms with E-state index in [4.69, 9.17) is 0 Å². The molecule has 0 radical (unpaired) electrons. The number of phenols is 2. The van der Waals surface area contributed by atoms with Crippen LogP contribution in [0, 0.1) is 13.8 Å². The third-order valence-corrected chi connectivity index (χ3v) is 4.54. The van der Waals surface area contributed by atoms with Crippen molar-refractivity contribution >= 4 is 11.1 Å². The predicted molar refractivity (Wildman–Crippen MR) is 93.9 cm³/mol. The lowest BCUT2D eigenvalue weighted by molar-refractivity contribution is 0.474. The number of H-pyrrole nitrogens is 1. The molecule has 1 aromatic heterocycles. The van der Waals surface area contributed by atoms with Crippen molar-refractivity contribution in [2.75, 3.05) is 0 Å². The molecule has 3 N–H and O–H groups in total. The first-order valence-electron chi connectivity index (χ1n) is 7.90. The molecule has 1 aliphatic carbocycles. The van der Waals surface area contributed by atoms with Crippen molar-refractivity contribution in [3.8, 4) is 11.5 Å². The summed E-state index contributed by atoms with van der Waals surface area (Å²) in [4.78, 5) is 7.81. The number of nitrogens with one attached hydrogen (secondary N) is 1. The quantitative estimate of drug-likeness (QED) is 0.670. The number of imidazole rings is 1. The predicted octanol–water partition coefficient (Wildman–Crippen LogP) is 3.95. The van der Waals surface area contributed by atoms with E-state index in [1.807, 2.05) is 38.2 Å². The highest BCUT2D eigenvalue weighted by atomic mass is 16.3. The summed E-state index contributed by atoms with van der Waals surface area (Å²) in [6.45, 7) is 3.99. The number of benzene rings is 2. The van der Waals surface area contributed by atoms with Crippen LogP contribution in [0.1, 0.15) is 33.8 Å². The lowest BCUT2D eigenvalue weighted by Crippen LogP contribution is -1.92. The van der Waals surface area contributed by atoms with Crippen LogP contribution < -0.4 is 0 Å². The molecule has 0 amide bonds. The smallest absolute Gasteiger partial charge is 0.138 e. The van der Waals surface area contributed by atoms with Crippen molar-refractivity contribution in [3.63, 3.8) is 0 Å². The zero-order chi connectivity index (χ0) is 16.8. The van der Waals surface area contributed by atoms with E-state index in [0.717, 1.165) is 45.8 Å². The zero-order valence-electron chi connectivity index (χ0n) is 13.6. The standard InChI is InChI=1S/C20H18N2O2/c1-11-7-15(24)8-18-16(11)9-17(13-3-5-14(23)6-4-13)19(18)20-21-10-12(2)22-20/h3-8,10,23-24H,9H2,1-2H3,(H,21,22). The molecule has 0 aliphatic heterocycles. The lowest BCUT2D eigenvalue weighted by atomic mass is 9.99. The number of fused-ring (bicyclic) bond motifs is 1. The second-order valence-electron chi connectivity index (χ2n) is 6.28. The Morgan fingerprint density at radius 1 is 1.00 bits per heavy atom. The molecule has 0 spiro atoms. The van der Waals surface area contributed by atoms with Gasteiger partial charge in [0.05, 0.1) is 0 Å². The summed E-state index contributed by atoms with van der Waals surface area (Å²) in [5.41, 5.74) is 7.50. The molecule has 0 bridgehead atoms. The molecule has 4 heteroatoms. The number of nitrogens with zero attached hydrogens (tertiary/aromatic N) is 1. The molecule has 4 nitrogen and oxygen atoms in total. The van der Waals surface area contributed by atoms with Crippen LogP contribution in [0.25, 0.3) is 11.1 Å². The maximum absolute atomic E-state index is 10.1. The minimum absolute atomic E-state index is 0.249. The second-order valence-corrected chi connectivity index (χ2v) is 6.28. The Balaban J connectivity index is 1.98. The Labute approximate surface area is 140 Å². The molecule has 120 valence electrons. The molecule has 3 aromatic rings. The third-order valence-electron chi connectivity index (χ3n) is 4.54. The Bertz CT molecular complexity index is 966. The average Bonchev–Trinajstić information content (AvgIpc) is 3.11. The van der Waals surface area contributed by atoms with Crippen LogP contribution in [0.2, 0.25) is 0 Å². The number of allylic oxidation sites excluding steroid dienone is 1. The molecule has 0 unspecified atom stereocenters. The number of aromatic hydroxyl groups is 2. The number of hydrogen-bond donors (Lipinski definition) is 3. The van der Waals surface area contributed by atoms with Gasteiger partial charge in [-0.15, -0.1) is 0 Å². The molecule has 0 atom stereocenters. The molecule has 24 heavy (non-hydrogen) atoms.